The first kappa shape index (κ1) is 20.1. The van der Waals surface area contributed by atoms with Gasteiger partial charge < -0.3 is 15.5 Å². The normalized spacial score (nSPS) is 15.0. The zero-order valence-corrected chi connectivity index (χ0v) is 17.4. The predicted molar refractivity (Wildman–Crippen MR) is 110 cm³/mol. The Morgan fingerprint density at radius 3 is 2.22 bits per heavy atom. The number of nitrogens with one attached hydrogen (secondary N) is 2. The van der Waals surface area contributed by atoms with Crippen LogP contribution in [0.4, 0.5) is 10.3 Å². The van der Waals surface area contributed by atoms with E-state index in [4.69, 9.17) is 0 Å². The molecular formula is C17H27N7OS2. The number of likely N-dealkylation sites (tertiary alicyclic amines) is 1. The second-order valence-electron chi connectivity index (χ2n) is 6.66. The van der Waals surface area contributed by atoms with Crippen molar-refractivity contribution < 1.29 is 4.79 Å². The van der Waals surface area contributed by atoms with Crippen molar-refractivity contribution in [3.05, 3.63) is 10.0 Å². The van der Waals surface area contributed by atoms with Crippen LogP contribution in [-0.2, 0) is 17.6 Å². The summed E-state index contributed by atoms with van der Waals surface area (Å²) in [5, 5.41) is 25.8. The summed E-state index contributed by atoms with van der Waals surface area (Å²) in [5.74, 6) is 0.0277. The molecule has 1 aliphatic rings. The van der Waals surface area contributed by atoms with Gasteiger partial charge in [-0.1, -0.05) is 29.1 Å². The Morgan fingerprint density at radius 2 is 1.59 bits per heavy atom. The molecule has 2 aromatic rings. The van der Waals surface area contributed by atoms with Crippen LogP contribution in [0, 0.1) is 0 Å². The Bertz CT molecular complexity index is 712. The topological polar surface area (TPSA) is 95.9 Å². The Labute approximate surface area is 167 Å². The van der Waals surface area contributed by atoms with E-state index in [1.54, 1.807) is 11.3 Å². The minimum absolute atomic E-state index is 0.0277. The van der Waals surface area contributed by atoms with Crippen LogP contribution in [0.5, 0.6) is 0 Å². The average molecular weight is 410 g/mol. The Morgan fingerprint density at radius 1 is 0.963 bits per heavy atom. The largest absolute Gasteiger partial charge is 0.363 e. The van der Waals surface area contributed by atoms with Gasteiger partial charge in [0.05, 0.1) is 0 Å². The fourth-order valence-electron chi connectivity index (χ4n) is 3.04. The van der Waals surface area contributed by atoms with Crippen LogP contribution in [-0.4, -0.2) is 57.9 Å². The third-order valence-corrected chi connectivity index (χ3v) is 6.43. The molecule has 1 aliphatic heterocycles. The first-order chi connectivity index (χ1) is 13.2. The fraction of sp³-hybridized carbons (Fsp3) is 0.706. The maximum absolute atomic E-state index is 12.1. The summed E-state index contributed by atoms with van der Waals surface area (Å²) in [4.78, 5) is 14.5. The molecule has 0 unspecified atom stereocenters. The summed E-state index contributed by atoms with van der Waals surface area (Å²) in [6.45, 7) is 3.06. The number of aryl methyl sites for hydroxylation is 2. The number of piperidine rings is 1. The van der Waals surface area contributed by atoms with Crippen LogP contribution >= 0.6 is 22.7 Å². The second-order valence-corrected chi connectivity index (χ2v) is 8.78. The number of hydrogen-bond donors (Lipinski definition) is 2. The van der Waals surface area contributed by atoms with E-state index in [1.165, 1.54) is 30.6 Å². The molecule has 1 amide bonds. The lowest BCUT2D eigenvalue weighted by atomic mass is 10.1. The van der Waals surface area contributed by atoms with Gasteiger partial charge in [-0.2, -0.15) is 0 Å². The molecule has 3 rings (SSSR count). The highest BCUT2D eigenvalue weighted by molar-refractivity contribution is 7.15. The molecule has 0 aromatic carbocycles. The first-order valence-corrected chi connectivity index (χ1v) is 11.2. The number of amides is 1. The highest BCUT2D eigenvalue weighted by atomic mass is 32.1. The molecule has 0 bridgehead atoms. The van der Waals surface area contributed by atoms with Crippen molar-refractivity contribution in [1.82, 2.24) is 25.3 Å². The van der Waals surface area contributed by atoms with Crippen molar-refractivity contribution in [2.24, 2.45) is 0 Å². The number of aromatic nitrogens is 4. The summed E-state index contributed by atoms with van der Waals surface area (Å²) < 4.78 is 0. The minimum atomic E-state index is 0.0277. The molecule has 0 radical (unpaired) electrons. The van der Waals surface area contributed by atoms with Crippen molar-refractivity contribution >= 4 is 38.8 Å². The van der Waals surface area contributed by atoms with E-state index in [1.807, 2.05) is 7.05 Å². The van der Waals surface area contributed by atoms with Crippen molar-refractivity contribution in [2.45, 2.75) is 51.4 Å². The molecule has 8 nitrogen and oxygen atoms in total. The SMILES string of the molecule is CNc1nnc(CCCCc2nnc(NC(=O)CCN3CCCCC3)s2)s1. The van der Waals surface area contributed by atoms with Crippen molar-refractivity contribution in [1.29, 1.82) is 0 Å². The smallest absolute Gasteiger partial charge is 0.227 e. The number of hydrogen-bond acceptors (Lipinski definition) is 9. The maximum atomic E-state index is 12.1. The second kappa shape index (κ2) is 10.6. The number of anilines is 2. The Hall–Kier alpha value is -1.65. The summed E-state index contributed by atoms with van der Waals surface area (Å²) in [6.07, 6.45) is 8.19. The lowest BCUT2D eigenvalue weighted by Gasteiger charge is -2.25. The summed E-state index contributed by atoms with van der Waals surface area (Å²) in [6, 6.07) is 0. The van der Waals surface area contributed by atoms with Gasteiger partial charge in [-0.25, -0.2) is 0 Å². The molecule has 1 saturated heterocycles. The third-order valence-electron chi connectivity index (χ3n) is 4.53. The number of nitrogens with zero attached hydrogens (tertiary/aromatic N) is 5. The van der Waals surface area contributed by atoms with Crippen LogP contribution in [0.1, 0.15) is 48.5 Å². The van der Waals surface area contributed by atoms with Crippen molar-refractivity contribution in [3.63, 3.8) is 0 Å². The van der Waals surface area contributed by atoms with E-state index in [2.05, 4.69) is 35.9 Å². The highest BCUT2D eigenvalue weighted by Gasteiger charge is 2.13. The molecule has 2 aromatic heterocycles. The van der Waals surface area contributed by atoms with Crippen LogP contribution in [0.2, 0.25) is 0 Å². The number of unbranched alkanes of at least 4 members (excludes halogenated alkanes) is 1. The van der Waals surface area contributed by atoms with Gasteiger partial charge in [-0.05, 0) is 38.8 Å². The lowest BCUT2D eigenvalue weighted by Crippen LogP contribution is -2.32. The fourth-order valence-corrected chi connectivity index (χ4v) is 4.57. The monoisotopic (exact) mass is 409 g/mol. The van der Waals surface area contributed by atoms with Gasteiger partial charge in [-0.3, -0.25) is 4.79 Å². The summed E-state index contributed by atoms with van der Waals surface area (Å²) in [7, 11) is 1.85. The average Bonchev–Trinajstić information content (AvgIpc) is 3.34. The van der Waals surface area contributed by atoms with Gasteiger partial charge in [-0.15, -0.1) is 20.4 Å². The molecule has 1 fully saturated rings. The van der Waals surface area contributed by atoms with Crippen molar-refractivity contribution in [2.75, 3.05) is 37.3 Å². The van der Waals surface area contributed by atoms with Gasteiger partial charge in [0.2, 0.25) is 16.2 Å². The molecule has 0 aliphatic carbocycles. The zero-order valence-electron chi connectivity index (χ0n) is 15.7. The number of rotatable bonds is 10. The van der Waals surface area contributed by atoms with Crippen LogP contribution in [0.3, 0.4) is 0 Å². The minimum Gasteiger partial charge on any atom is -0.363 e. The van der Waals surface area contributed by atoms with E-state index < -0.39 is 0 Å². The zero-order chi connectivity index (χ0) is 18.9. The first-order valence-electron chi connectivity index (χ1n) is 9.57. The molecule has 27 heavy (non-hydrogen) atoms. The van der Waals surface area contributed by atoms with E-state index in [0.29, 0.717) is 11.6 Å². The van der Waals surface area contributed by atoms with Gasteiger partial charge >= 0.3 is 0 Å². The number of carbonyl (C=O) groups excluding carboxylic acids is 1. The maximum Gasteiger partial charge on any atom is 0.227 e. The summed E-state index contributed by atoms with van der Waals surface area (Å²) in [5.41, 5.74) is 0. The Kier molecular flexibility index (Phi) is 7.91. The number of carbonyl (C=O) groups is 1. The molecule has 10 heteroatoms. The van der Waals surface area contributed by atoms with E-state index in [0.717, 1.165) is 60.5 Å². The molecule has 2 N–H and O–H groups in total. The van der Waals surface area contributed by atoms with Gasteiger partial charge in [0.1, 0.15) is 10.0 Å². The molecule has 0 atom stereocenters. The van der Waals surface area contributed by atoms with Crippen molar-refractivity contribution in [3.8, 4) is 0 Å². The van der Waals surface area contributed by atoms with Crippen LogP contribution in [0.15, 0.2) is 0 Å². The van der Waals surface area contributed by atoms with E-state index in [9.17, 15) is 4.79 Å². The van der Waals surface area contributed by atoms with Crippen LogP contribution in [0.25, 0.3) is 0 Å². The predicted octanol–water partition coefficient (Wildman–Crippen LogP) is 2.81. The van der Waals surface area contributed by atoms with Crippen LogP contribution < -0.4 is 10.6 Å². The molecule has 3 heterocycles. The molecule has 0 saturated carbocycles. The quantitative estimate of drug-likeness (QED) is 0.583. The van der Waals surface area contributed by atoms with Gasteiger partial charge in [0.25, 0.3) is 0 Å². The molecule has 0 spiro atoms. The van der Waals surface area contributed by atoms with Gasteiger partial charge in [0.15, 0.2) is 0 Å². The molecular weight excluding hydrogens is 382 g/mol. The van der Waals surface area contributed by atoms with E-state index >= 15 is 0 Å². The summed E-state index contributed by atoms with van der Waals surface area (Å²) >= 11 is 3.07. The Balaban J connectivity index is 1.32. The highest BCUT2D eigenvalue weighted by Crippen LogP contribution is 2.20. The third kappa shape index (κ3) is 6.78. The van der Waals surface area contributed by atoms with Gasteiger partial charge in [0, 0.05) is 32.9 Å². The standard InChI is InChI=1S/C17H27N7OS2/c1-18-16-22-20-14(26-16)7-3-4-8-15-21-23-17(27-15)19-13(25)9-12-24-10-5-2-6-11-24/h2-12H2,1H3,(H,18,22)(H,19,23,25). The van der Waals surface area contributed by atoms with E-state index in [-0.39, 0.29) is 5.91 Å². The molecule has 148 valence electrons. The lowest BCUT2D eigenvalue weighted by molar-refractivity contribution is -0.116.